The smallest absolute Gasteiger partial charge is 0.167 e. The van der Waals surface area contributed by atoms with E-state index in [4.69, 9.17) is 28.2 Å². The number of fused-ring (bicyclic) bond motifs is 12. The van der Waals surface area contributed by atoms with Crippen molar-refractivity contribution in [3.8, 4) is 56.4 Å². The lowest BCUT2D eigenvalue weighted by molar-refractivity contribution is 0.668. The number of para-hydroxylation sites is 2. The van der Waals surface area contributed by atoms with Crippen molar-refractivity contribution in [2.45, 2.75) is 0 Å². The molecule has 0 saturated carbocycles. The Kier molecular flexibility index (Phi) is 7.46. The lowest BCUT2D eigenvalue weighted by Crippen LogP contribution is -2.00. The highest BCUT2D eigenvalue weighted by molar-refractivity contribution is 7.25. The Bertz CT molecular complexity index is 4210. The largest absolute Gasteiger partial charge is 0.456 e. The quantitative estimate of drug-likeness (QED) is 0.172. The number of furan rings is 3. The van der Waals surface area contributed by atoms with Crippen molar-refractivity contribution in [3.05, 3.63) is 188 Å². The maximum atomic E-state index is 6.63. The van der Waals surface area contributed by atoms with E-state index in [2.05, 4.69) is 115 Å². The van der Waals surface area contributed by atoms with Crippen molar-refractivity contribution < 1.29 is 13.3 Å². The molecule has 0 bridgehead atoms. The number of hydrogen-bond acceptors (Lipinski definition) is 7. The van der Waals surface area contributed by atoms with Gasteiger partial charge in [-0.25, -0.2) is 15.0 Å². The zero-order valence-electron chi connectivity index (χ0n) is 33.9. The molecule has 6 nitrogen and oxygen atoms in total. The van der Waals surface area contributed by atoms with Crippen LogP contribution in [0.25, 0.3) is 142 Å². The first-order chi connectivity index (χ1) is 31.7. The molecule has 64 heavy (non-hydrogen) atoms. The summed E-state index contributed by atoms with van der Waals surface area (Å²) in [6.45, 7) is 0. The molecule has 298 valence electrons. The van der Waals surface area contributed by atoms with Gasteiger partial charge in [0.15, 0.2) is 17.5 Å². The maximum absolute atomic E-state index is 6.63. The van der Waals surface area contributed by atoms with E-state index in [0.29, 0.717) is 17.5 Å². The summed E-state index contributed by atoms with van der Waals surface area (Å²) < 4.78 is 22.3. The second-order valence-electron chi connectivity index (χ2n) is 16.2. The Morgan fingerprint density at radius 2 is 0.891 bits per heavy atom. The van der Waals surface area contributed by atoms with Gasteiger partial charge in [-0.05, 0) is 82.9 Å². The number of rotatable bonds is 5. The summed E-state index contributed by atoms with van der Waals surface area (Å²) in [6.07, 6.45) is 0. The van der Waals surface area contributed by atoms with Crippen LogP contribution in [0.5, 0.6) is 0 Å². The summed E-state index contributed by atoms with van der Waals surface area (Å²) in [5, 5.41) is 8.70. The van der Waals surface area contributed by atoms with Gasteiger partial charge < -0.3 is 13.3 Å². The highest BCUT2D eigenvalue weighted by Crippen LogP contribution is 2.44. The first kappa shape index (κ1) is 35.2. The third-order valence-electron chi connectivity index (χ3n) is 12.6. The van der Waals surface area contributed by atoms with Crippen molar-refractivity contribution in [1.82, 2.24) is 15.0 Å². The second kappa shape index (κ2) is 13.6. The van der Waals surface area contributed by atoms with Crippen LogP contribution >= 0.6 is 11.3 Å². The molecule has 0 fully saturated rings. The predicted octanol–water partition coefficient (Wildman–Crippen LogP) is 16.3. The van der Waals surface area contributed by atoms with Crippen molar-refractivity contribution in [3.63, 3.8) is 0 Å². The minimum Gasteiger partial charge on any atom is -0.456 e. The fourth-order valence-electron chi connectivity index (χ4n) is 9.59. The average molecular weight is 838 g/mol. The van der Waals surface area contributed by atoms with Crippen molar-refractivity contribution in [1.29, 1.82) is 0 Å². The fourth-order valence-corrected chi connectivity index (χ4v) is 10.7. The van der Waals surface area contributed by atoms with E-state index >= 15 is 0 Å². The number of thiophene rings is 1. The molecule has 7 heteroatoms. The molecular weight excluding hydrogens is 807 g/mol. The van der Waals surface area contributed by atoms with Crippen LogP contribution in [0.1, 0.15) is 0 Å². The molecule has 14 aromatic rings. The van der Waals surface area contributed by atoms with Gasteiger partial charge in [0.05, 0.1) is 5.56 Å². The van der Waals surface area contributed by atoms with Crippen LogP contribution in [-0.2, 0) is 0 Å². The fraction of sp³-hybridized carbons (Fsp3) is 0. The van der Waals surface area contributed by atoms with Crippen LogP contribution in [0.2, 0.25) is 0 Å². The van der Waals surface area contributed by atoms with Crippen LogP contribution in [0.15, 0.2) is 201 Å². The molecule has 0 aliphatic heterocycles. The van der Waals surface area contributed by atoms with E-state index in [1.807, 2.05) is 84.1 Å². The first-order valence-corrected chi connectivity index (χ1v) is 22.1. The van der Waals surface area contributed by atoms with E-state index in [9.17, 15) is 0 Å². The second-order valence-corrected chi connectivity index (χ2v) is 17.3. The molecule has 5 heterocycles. The van der Waals surface area contributed by atoms with Gasteiger partial charge in [-0.3, -0.25) is 0 Å². The predicted molar refractivity (Wildman–Crippen MR) is 262 cm³/mol. The monoisotopic (exact) mass is 837 g/mol. The number of nitrogens with zero attached hydrogens (tertiary/aromatic N) is 3. The van der Waals surface area contributed by atoms with Crippen molar-refractivity contribution >= 4 is 97.3 Å². The number of aromatic nitrogens is 3. The van der Waals surface area contributed by atoms with Crippen LogP contribution in [0.3, 0.4) is 0 Å². The van der Waals surface area contributed by atoms with Gasteiger partial charge in [0, 0.05) is 63.6 Å². The maximum Gasteiger partial charge on any atom is 0.167 e. The van der Waals surface area contributed by atoms with Crippen molar-refractivity contribution in [2.24, 2.45) is 0 Å². The van der Waals surface area contributed by atoms with E-state index in [-0.39, 0.29) is 0 Å². The average Bonchev–Trinajstić information content (AvgIpc) is 4.13. The molecule has 9 aromatic carbocycles. The molecule has 0 radical (unpaired) electrons. The Balaban J connectivity index is 0.920. The minimum atomic E-state index is 0.529. The summed E-state index contributed by atoms with van der Waals surface area (Å²) in [6, 6.07) is 65.0. The molecule has 5 aromatic heterocycles. The molecular formula is C57H31N3O3S. The normalized spacial score (nSPS) is 12.1. The summed E-state index contributed by atoms with van der Waals surface area (Å²) in [5.41, 5.74) is 11.7. The zero-order chi connectivity index (χ0) is 41.9. The molecule has 0 unspecified atom stereocenters. The molecule has 0 aliphatic rings. The first-order valence-electron chi connectivity index (χ1n) is 21.2. The number of benzene rings is 9. The minimum absolute atomic E-state index is 0.529. The summed E-state index contributed by atoms with van der Waals surface area (Å²) in [7, 11) is 0. The van der Waals surface area contributed by atoms with Gasteiger partial charge in [-0.2, -0.15) is 0 Å². The third-order valence-corrected chi connectivity index (χ3v) is 13.7. The highest BCUT2D eigenvalue weighted by Gasteiger charge is 2.22. The molecule has 0 spiro atoms. The summed E-state index contributed by atoms with van der Waals surface area (Å²) in [4.78, 5) is 15.5. The topological polar surface area (TPSA) is 78.1 Å². The van der Waals surface area contributed by atoms with Crippen LogP contribution in [0, 0.1) is 0 Å². The lowest BCUT2D eigenvalue weighted by atomic mass is 9.96. The molecule has 0 aliphatic carbocycles. The molecule has 0 N–H and O–H groups in total. The molecule has 0 atom stereocenters. The SMILES string of the molecule is c1ccc(-c2nc(-c3cccc4c3oc3ccccc34)nc(-c3cccc4oc5ccc(-c6cccc7oc8cc(-c9ccc%10c(c9)sc9ccccc9%10)ccc8c67)cc5c34)n2)cc1. The van der Waals surface area contributed by atoms with Gasteiger partial charge in [0.2, 0.25) is 0 Å². The van der Waals surface area contributed by atoms with Crippen LogP contribution in [-0.4, -0.2) is 15.0 Å². The summed E-state index contributed by atoms with van der Waals surface area (Å²) in [5.74, 6) is 1.64. The van der Waals surface area contributed by atoms with Crippen LogP contribution < -0.4 is 0 Å². The van der Waals surface area contributed by atoms with Gasteiger partial charge >= 0.3 is 0 Å². The molecule has 14 rings (SSSR count). The summed E-state index contributed by atoms with van der Waals surface area (Å²) >= 11 is 1.84. The van der Waals surface area contributed by atoms with Gasteiger partial charge in [0.1, 0.15) is 33.5 Å². The molecule has 0 amide bonds. The molecule has 0 saturated heterocycles. The van der Waals surface area contributed by atoms with Gasteiger partial charge in [0.25, 0.3) is 0 Å². The van der Waals surface area contributed by atoms with Gasteiger partial charge in [-0.1, -0.05) is 127 Å². The van der Waals surface area contributed by atoms with Crippen molar-refractivity contribution in [2.75, 3.05) is 0 Å². The zero-order valence-corrected chi connectivity index (χ0v) is 34.7. The van der Waals surface area contributed by atoms with E-state index < -0.39 is 0 Å². The van der Waals surface area contributed by atoms with E-state index in [0.717, 1.165) is 99.2 Å². The number of hydrogen-bond donors (Lipinski definition) is 0. The Morgan fingerprint density at radius 3 is 1.77 bits per heavy atom. The Hall–Kier alpha value is -8.39. The van der Waals surface area contributed by atoms with E-state index in [1.165, 1.54) is 25.7 Å². The van der Waals surface area contributed by atoms with Crippen LogP contribution in [0.4, 0.5) is 0 Å². The van der Waals surface area contributed by atoms with E-state index in [1.54, 1.807) is 0 Å². The Labute approximate surface area is 368 Å². The lowest BCUT2D eigenvalue weighted by Gasteiger charge is -2.10. The Morgan fingerprint density at radius 1 is 0.297 bits per heavy atom. The highest BCUT2D eigenvalue weighted by atomic mass is 32.1. The van der Waals surface area contributed by atoms with Gasteiger partial charge in [-0.15, -0.1) is 11.3 Å². The standard InChI is InChI=1S/C57H31N3O3S/c1-2-11-32(12-3-1)55-58-56(60-57(59-55)43-18-8-16-40-37-13-4-6-19-45(37)63-54(40)43)42-17-10-21-48-53(42)44-29-35(25-28-46(44)61-48)36-15-9-20-47-52(36)41-27-24-33(30-49(41)62-47)34-23-26-39-38-14-5-7-22-50(38)64-51(39)31-34/h1-31H. The third kappa shape index (κ3) is 5.35.